The Balaban J connectivity index is 1.93. The fourth-order valence-corrected chi connectivity index (χ4v) is 3.51. The second kappa shape index (κ2) is 6.77. The predicted octanol–water partition coefficient (Wildman–Crippen LogP) is 3.65. The van der Waals surface area contributed by atoms with Crippen LogP contribution in [0.25, 0.3) is 11.3 Å². The van der Waals surface area contributed by atoms with E-state index < -0.39 is 0 Å². The minimum Gasteiger partial charge on any atom is -0.382 e. The summed E-state index contributed by atoms with van der Waals surface area (Å²) in [6.45, 7) is 1.97. The van der Waals surface area contributed by atoms with Gasteiger partial charge in [-0.05, 0) is 6.92 Å². The molecule has 5 nitrogen and oxygen atoms in total. The van der Waals surface area contributed by atoms with E-state index in [1.165, 1.54) is 11.8 Å². The molecule has 7 heteroatoms. The number of thioether (sulfide) groups is 1. The van der Waals surface area contributed by atoms with E-state index >= 15 is 0 Å². The van der Waals surface area contributed by atoms with Crippen molar-refractivity contribution in [3.63, 3.8) is 0 Å². The molecule has 2 aromatic heterocycles. The van der Waals surface area contributed by atoms with Gasteiger partial charge in [-0.1, -0.05) is 42.1 Å². The molecule has 0 saturated carbocycles. The van der Waals surface area contributed by atoms with Crippen molar-refractivity contribution in [1.29, 1.82) is 5.26 Å². The van der Waals surface area contributed by atoms with Crippen molar-refractivity contribution in [2.24, 2.45) is 0 Å². The number of nitrogen functional groups attached to an aromatic ring is 1. The molecule has 0 spiro atoms. The van der Waals surface area contributed by atoms with Crippen LogP contribution in [-0.4, -0.2) is 15.0 Å². The Hall–Kier alpha value is -2.43. The Morgan fingerprint density at radius 2 is 2.00 bits per heavy atom. The van der Waals surface area contributed by atoms with Gasteiger partial charge in [-0.2, -0.15) is 5.26 Å². The van der Waals surface area contributed by atoms with Crippen molar-refractivity contribution in [3.8, 4) is 17.3 Å². The van der Waals surface area contributed by atoms with Crippen molar-refractivity contribution in [3.05, 3.63) is 52.0 Å². The van der Waals surface area contributed by atoms with E-state index in [0.717, 1.165) is 16.3 Å². The molecule has 0 aliphatic heterocycles. The van der Waals surface area contributed by atoms with Gasteiger partial charge in [0, 0.05) is 16.7 Å². The minimum absolute atomic E-state index is 0.207. The second-order valence-electron chi connectivity index (χ2n) is 4.74. The summed E-state index contributed by atoms with van der Waals surface area (Å²) in [5, 5.41) is 12.9. The van der Waals surface area contributed by atoms with E-state index in [4.69, 9.17) is 5.73 Å². The maximum atomic E-state index is 9.34. The van der Waals surface area contributed by atoms with Crippen LogP contribution in [-0.2, 0) is 5.75 Å². The van der Waals surface area contributed by atoms with Crippen molar-refractivity contribution >= 4 is 28.9 Å². The van der Waals surface area contributed by atoms with Crippen molar-refractivity contribution in [2.75, 3.05) is 5.73 Å². The SMILES string of the molecule is Cc1nc(CSc2nc(N)c(C#N)c(-c3ccccc3)n2)cs1. The summed E-state index contributed by atoms with van der Waals surface area (Å²) < 4.78 is 0. The molecule has 0 radical (unpaired) electrons. The highest BCUT2D eigenvalue weighted by Gasteiger charge is 2.14. The lowest BCUT2D eigenvalue weighted by Gasteiger charge is -2.08. The number of hydrogen-bond acceptors (Lipinski definition) is 7. The van der Waals surface area contributed by atoms with Crippen LogP contribution in [0.15, 0.2) is 40.9 Å². The molecule has 3 rings (SSSR count). The van der Waals surface area contributed by atoms with Gasteiger partial charge in [-0.15, -0.1) is 11.3 Å². The quantitative estimate of drug-likeness (QED) is 0.576. The topological polar surface area (TPSA) is 88.5 Å². The molecule has 3 aromatic rings. The zero-order valence-electron chi connectivity index (χ0n) is 12.4. The molecular formula is C16H13N5S2. The van der Waals surface area contributed by atoms with Crippen molar-refractivity contribution in [2.45, 2.75) is 17.8 Å². The predicted molar refractivity (Wildman–Crippen MR) is 93.0 cm³/mol. The Bertz CT molecular complexity index is 868. The van der Waals surface area contributed by atoms with Crippen molar-refractivity contribution < 1.29 is 0 Å². The number of nitriles is 1. The fourth-order valence-electron chi connectivity index (χ4n) is 2.05. The van der Waals surface area contributed by atoms with E-state index in [2.05, 4.69) is 21.0 Å². The van der Waals surface area contributed by atoms with Gasteiger partial charge >= 0.3 is 0 Å². The number of benzene rings is 1. The van der Waals surface area contributed by atoms with Crippen LogP contribution in [0.1, 0.15) is 16.3 Å². The van der Waals surface area contributed by atoms with Gasteiger partial charge < -0.3 is 5.73 Å². The smallest absolute Gasteiger partial charge is 0.190 e. The molecule has 0 saturated heterocycles. The second-order valence-corrected chi connectivity index (χ2v) is 6.74. The maximum Gasteiger partial charge on any atom is 0.190 e. The number of rotatable bonds is 4. The summed E-state index contributed by atoms with van der Waals surface area (Å²) in [6, 6.07) is 11.6. The summed E-state index contributed by atoms with van der Waals surface area (Å²) in [7, 11) is 0. The molecule has 0 bridgehead atoms. The monoisotopic (exact) mass is 339 g/mol. The van der Waals surface area contributed by atoms with Gasteiger partial charge in [0.05, 0.1) is 16.4 Å². The van der Waals surface area contributed by atoms with Gasteiger partial charge in [0.1, 0.15) is 17.5 Å². The number of nitrogens with zero attached hydrogens (tertiary/aromatic N) is 4. The van der Waals surface area contributed by atoms with Gasteiger partial charge in [-0.25, -0.2) is 15.0 Å². The van der Waals surface area contributed by atoms with E-state index in [9.17, 15) is 5.26 Å². The fraction of sp³-hybridized carbons (Fsp3) is 0.125. The molecule has 0 amide bonds. The lowest BCUT2D eigenvalue weighted by Crippen LogP contribution is -2.02. The Labute approximate surface area is 142 Å². The van der Waals surface area contributed by atoms with Crippen LogP contribution in [0.4, 0.5) is 5.82 Å². The third-order valence-corrected chi connectivity index (χ3v) is 4.79. The van der Waals surface area contributed by atoms with Gasteiger partial charge in [0.25, 0.3) is 0 Å². The molecule has 0 atom stereocenters. The molecule has 114 valence electrons. The lowest BCUT2D eigenvalue weighted by molar-refractivity contribution is 0.973. The Morgan fingerprint density at radius 3 is 2.65 bits per heavy atom. The molecule has 0 aliphatic rings. The highest BCUT2D eigenvalue weighted by Crippen LogP contribution is 2.28. The average molecular weight is 339 g/mol. The molecule has 2 heterocycles. The highest BCUT2D eigenvalue weighted by molar-refractivity contribution is 7.98. The van der Waals surface area contributed by atoms with Crippen LogP contribution in [0.3, 0.4) is 0 Å². The van der Waals surface area contributed by atoms with Gasteiger partial charge in [-0.3, -0.25) is 0 Å². The summed E-state index contributed by atoms with van der Waals surface area (Å²) in [5.41, 5.74) is 8.66. The molecule has 0 unspecified atom stereocenters. The summed E-state index contributed by atoms with van der Waals surface area (Å²) in [4.78, 5) is 13.2. The molecule has 1 aromatic carbocycles. The number of aromatic nitrogens is 3. The molecule has 23 heavy (non-hydrogen) atoms. The van der Waals surface area contributed by atoms with E-state index in [1.54, 1.807) is 11.3 Å². The number of anilines is 1. The average Bonchev–Trinajstić information content (AvgIpc) is 2.99. The molecule has 0 aliphatic carbocycles. The highest BCUT2D eigenvalue weighted by atomic mass is 32.2. The van der Waals surface area contributed by atoms with Crippen LogP contribution in [0.2, 0.25) is 0 Å². The van der Waals surface area contributed by atoms with Gasteiger partial charge in [0.2, 0.25) is 0 Å². The largest absolute Gasteiger partial charge is 0.382 e. The first-order valence-electron chi connectivity index (χ1n) is 6.84. The van der Waals surface area contributed by atoms with Crippen LogP contribution >= 0.6 is 23.1 Å². The zero-order valence-corrected chi connectivity index (χ0v) is 14.0. The summed E-state index contributed by atoms with van der Waals surface area (Å²) in [5.74, 6) is 0.877. The Morgan fingerprint density at radius 1 is 1.22 bits per heavy atom. The van der Waals surface area contributed by atoms with Gasteiger partial charge in [0.15, 0.2) is 5.16 Å². The first-order chi connectivity index (χ1) is 11.2. The first-order valence-corrected chi connectivity index (χ1v) is 8.70. The maximum absolute atomic E-state index is 9.34. The van der Waals surface area contributed by atoms with Crippen LogP contribution < -0.4 is 5.73 Å². The number of hydrogen-bond donors (Lipinski definition) is 1. The standard InChI is InChI=1S/C16H13N5S2/c1-10-19-12(8-22-10)9-23-16-20-14(11-5-3-2-4-6-11)13(7-17)15(18)21-16/h2-6,8H,9H2,1H3,(H2,18,20,21). The van der Waals surface area contributed by atoms with Crippen LogP contribution in [0, 0.1) is 18.3 Å². The molecule has 2 N–H and O–H groups in total. The summed E-state index contributed by atoms with van der Waals surface area (Å²) >= 11 is 3.08. The normalized spacial score (nSPS) is 10.4. The Kier molecular flexibility index (Phi) is 4.55. The first kappa shape index (κ1) is 15.5. The third kappa shape index (κ3) is 3.50. The van der Waals surface area contributed by atoms with Crippen molar-refractivity contribution in [1.82, 2.24) is 15.0 Å². The summed E-state index contributed by atoms with van der Waals surface area (Å²) in [6.07, 6.45) is 0. The molecule has 0 fully saturated rings. The molecular weight excluding hydrogens is 326 g/mol. The number of thiazole rings is 1. The number of nitrogens with two attached hydrogens (primary N) is 1. The van der Waals surface area contributed by atoms with E-state index in [0.29, 0.717) is 22.2 Å². The van der Waals surface area contributed by atoms with E-state index in [1.807, 2.05) is 42.6 Å². The zero-order chi connectivity index (χ0) is 16.2. The number of aryl methyl sites for hydroxylation is 1. The third-order valence-electron chi connectivity index (χ3n) is 3.09. The lowest BCUT2D eigenvalue weighted by atomic mass is 10.1. The minimum atomic E-state index is 0.207. The van der Waals surface area contributed by atoms with E-state index in [-0.39, 0.29) is 5.82 Å². The van der Waals surface area contributed by atoms with Crippen LogP contribution in [0.5, 0.6) is 0 Å².